The van der Waals surface area contributed by atoms with Crippen LogP contribution in [0.4, 0.5) is 0 Å². The normalized spacial score (nSPS) is 19.0. The van der Waals surface area contributed by atoms with E-state index in [4.69, 9.17) is 5.14 Å². The second-order valence-electron chi connectivity index (χ2n) is 5.72. The lowest BCUT2D eigenvalue weighted by Crippen LogP contribution is -2.29. The highest BCUT2D eigenvalue weighted by molar-refractivity contribution is 7.89. The Morgan fingerprint density at radius 3 is 2.76 bits per heavy atom. The highest BCUT2D eigenvalue weighted by atomic mass is 32.2. The van der Waals surface area contributed by atoms with Gasteiger partial charge in [-0.1, -0.05) is 19.4 Å². The molecule has 0 aliphatic carbocycles. The molecular formula is C15H22N2O3S. The van der Waals surface area contributed by atoms with Crippen LogP contribution in [0.15, 0.2) is 23.1 Å². The summed E-state index contributed by atoms with van der Waals surface area (Å²) in [6.07, 6.45) is 3.26. The first-order valence-electron chi connectivity index (χ1n) is 7.25. The fraction of sp³-hybridized carbons (Fsp3) is 0.533. The maximum atomic E-state index is 12.6. The Morgan fingerprint density at radius 2 is 2.14 bits per heavy atom. The fourth-order valence-electron chi connectivity index (χ4n) is 2.84. The summed E-state index contributed by atoms with van der Waals surface area (Å²) in [7, 11) is -3.79. The summed E-state index contributed by atoms with van der Waals surface area (Å²) in [6.45, 7) is 5.44. The van der Waals surface area contributed by atoms with Crippen LogP contribution in [0.2, 0.25) is 0 Å². The SMILES string of the molecule is CCCC1CCN(C(=O)c2cc(S(N)(=O)=O)ccc2C)C1. The Balaban J connectivity index is 2.24. The molecule has 1 amide bonds. The van der Waals surface area contributed by atoms with Gasteiger partial charge in [0.15, 0.2) is 0 Å². The number of hydrogen-bond acceptors (Lipinski definition) is 3. The maximum Gasteiger partial charge on any atom is 0.254 e. The summed E-state index contributed by atoms with van der Waals surface area (Å²) in [4.78, 5) is 14.4. The minimum absolute atomic E-state index is 0.0132. The average Bonchev–Trinajstić information content (AvgIpc) is 2.86. The van der Waals surface area contributed by atoms with E-state index < -0.39 is 10.0 Å². The predicted molar refractivity (Wildman–Crippen MR) is 81.5 cm³/mol. The molecule has 1 fully saturated rings. The van der Waals surface area contributed by atoms with Crippen LogP contribution in [-0.2, 0) is 10.0 Å². The highest BCUT2D eigenvalue weighted by Crippen LogP contribution is 2.24. The predicted octanol–water partition coefficient (Wildman–Crippen LogP) is 1.90. The number of sulfonamides is 1. The molecule has 5 nitrogen and oxygen atoms in total. The Morgan fingerprint density at radius 1 is 1.43 bits per heavy atom. The Bertz CT molecular complexity index is 640. The summed E-state index contributed by atoms with van der Waals surface area (Å²) in [5, 5.41) is 5.14. The number of likely N-dealkylation sites (tertiary alicyclic amines) is 1. The fourth-order valence-corrected chi connectivity index (χ4v) is 3.38. The zero-order valence-corrected chi connectivity index (χ0v) is 13.3. The Kier molecular flexibility index (Phi) is 4.68. The standard InChI is InChI=1S/C15H22N2O3S/c1-3-4-12-7-8-17(10-12)15(18)14-9-13(21(16,19)20)6-5-11(14)2/h5-6,9,12H,3-4,7-8,10H2,1-2H3,(H2,16,19,20). The molecule has 1 aliphatic heterocycles. The smallest absolute Gasteiger partial charge is 0.254 e. The molecule has 0 radical (unpaired) electrons. The van der Waals surface area contributed by atoms with Gasteiger partial charge in [-0.2, -0.15) is 0 Å². The van der Waals surface area contributed by atoms with Crippen molar-refractivity contribution in [3.8, 4) is 0 Å². The third kappa shape index (κ3) is 3.63. The first-order valence-corrected chi connectivity index (χ1v) is 8.80. The van der Waals surface area contributed by atoms with Crippen molar-refractivity contribution in [1.29, 1.82) is 0 Å². The number of primary sulfonamides is 1. The van der Waals surface area contributed by atoms with E-state index >= 15 is 0 Å². The first kappa shape index (κ1) is 16.0. The Labute approximate surface area is 126 Å². The molecule has 2 rings (SSSR count). The van der Waals surface area contributed by atoms with Crippen LogP contribution in [0.25, 0.3) is 0 Å². The molecule has 116 valence electrons. The van der Waals surface area contributed by atoms with Crippen LogP contribution in [0.1, 0.15) is 42.1 Å². The van der Waals surface area contributed by atoms with Crippen LogP contribution in [0.5, 0.6) is 0 Å². The molecule has 6 heteroatoms. The summed E-state index contributed by atoms with van der Waals surface area (Å²) in [5.74, 6) is 0.456. The van der Waals surface area contributed by atoms with Crippen molar-refractivity contribution in [2.24, 2.45) is 11.1 Å². The number of hydrogen-bond donors (Lipinski definition) is 1. The van der Waals surface area contributed by atoms with Crippen molar-refractivity contribution < 1.29 is 13.2 Å². The molecule has 1 heterocycles. The average molecular weight is 310 g/mol. The van der Waals surface area contributed by atoms with Gasteiger partial charge in [0, 0.05) is 18.7 Å². The molecule has 1 saturated heterocycles. The topological polar surface area (TPSA) is 80.5 Å². The number of carbonyl (C=O) groups excluding carboxylic acids is 1. The number of nitrogens with two attached hydrogens (primary N) is 1. The van der Waals surface area contributed by atoms with Crippen LogP contribution in [-0.4, -0.2) is 32.3 Å². The van der Waals surface area contributed by atoms with Crippen LogP contribution in [0, 0.1) is 12.8 Å². The van der Waals surface area contributed by atoms with E-state index in [1.165, 1.54) is 12.1 Å². The van der Waals surface area contributed by atoms with Gasteiger partial charge in [-0.3, -0.25) is 4.79 Å². The molecule has 0 aromatic heterocycles. The van der Waals surface area contributed by atoms with Crippen LogP contribution < -0.4 is 5.14 Å². The van der Waals surface area contributed by atoms with Crippen molar-refractivity contribution in [2.45, 2.75) is 38.0 Å². The third-order valence-corrected chi connectivity index (χ3v) is 4.95. The lowest BCUT2D eigenvalue weighted by Gasteiger charge is -2.18. The molecule has 0 bridgehead atoms. The molecule has 1 aliphatic rings. The molecular weight excluding hydrogens is 288 g/mol. The van der Waals surface area contributed by atoms with Crippen LogP contribution in [0.3, 0.4) is 0 Å². The zero-order chi connectivity index (χ0) is 15.6. The van der Waals surface area contributed by atoms with Crippen molar-refractivity contribution in [1.82, 2.24) is 4.90 Å². The van der Waals surface area contributed by atoms with Crippen molar-refractivity contribution in [3.05, 3.63) is 29.3 Å². The van der Waals surface area contributed by atoms with E-state index in [0.29, 0.717) is 11.5 Å². The molecule has 2 N–H and O–H groups in total. The molecule has 1 unspecified atom stereocenters. The highest BCUT2D eigenvalue weighted by Gasteiger charge is 2.27. The number of rotatable bonds is 4. The van der Waals surface area contributed by atoms with Crippen molar-refractivity contribution >= 4 is 15.9 Å². The number of nitrogens with zero attached hydrogens (tertiary/aromatic N) is 1. The van der Waals surface area contributed by atoms with Crippen molar-refractivity contribution in [3.63, 3.8) is 0 Å². The number of amides is 1. The van der Waals surface area contributed by atoms with Gasteiger partial charge < -0.3 is 4.90 Å². The molecule has 1 aromatic rings. The Hall–Kier alpha value is -1.40. The quantitative estimate of drug-likeness (QED) is 0.922. The molecule has 1 atom stereocenters. The van der Waals surface area contributed by atoms with Gasteiger partial charge in [-0.15, -0.1) is 0 Å². The van der Waals surface area contributed by atoms with Gasteiger partial charge in [0.1, 0.15) is 0 Å². The van der Waals surface area contributed by atoms with E-state index in [9.17, 15) is 13.2 Å². The maximum absolute atomic E-state index is 12.6. The van der Waals surface area contributed by atoms with Gasteiger partial charge in [-0.05, 0) is 43.4 Å². The molecule has 0 saturated carbocycles. The summed E-state index contributed by atoms with van der Waals surface area (Å²) < 4.78 is 22.9. The van der Waals surface area contributed by atoms with Gasteiger partial charge in [0.25, 0.3) is 5.91 Å². The first-order chi connectivity index (χ1) is 9.82. The van der Waals surface area contributed by atoms with Gasteiger partial charge in [0.05, 0.1) is 4.90 Å². The minimum atomic E-state index is -3.79. The van der Waals surface area contributed by atoms with E-state index in [0.717, 1.165) is 37.9 Å². The number of benzene rings is 1. The van der Waals surface area contributed by atoms with Gasteiger partial charge in [-0.25, -0.2) is 13.6 Å². The zero-order valence-electron chi connectivity index (χ0n) is 12.5. The molecule has 1 aromatic carbocycles. The van der Waals surface area contributed by atoms with E-state index in [-0.39, 0.29) is 10.8 Å². The molecule has 21 heavy (non-hydrogen) atoms. The second-order valence-corrected chi connectivity index (χ2v) is 7.28. The van der Waals surface area contributed by atoms with E-state index in [2.05, 4.69) is 6.92 Å². The van der Waals surface area contributed by atoms with Crippen molar-refractivity contribution in [2.75, 3.05) is 13.1 Å². The molecule has 0 spiro atoms. The van der Waals surface area contributed by atoms with Gasteiger partial charge >= 0.3 is 0 Å². The van der Waals surface area contributed by atoms with Crippen LogP contribution >= 0.6 is 0 Å². The van der Waals surface area contributed by atoms with E-state index in [1.54, 1.807) is 13.0 Å². The second kappa shape index (κ2) is 6.15. The monoisotopic (exact) mass is 310 g/mol. The lowest BCUT2D eigenvalue weighted by molar-refractivity contribution is 0.0785. The third-order valence-electron chi connectivity index (χ3n) is 4.04. The lowest BCUT2D eigenvalue weighted by atomic mass is 10.0. The largest absolute Gasteiger partial charge is 0.338 e. The summed E-state index contributed by atoms with van der Waals surface area (Å²) >= 11 is 0. The number of aryl methyl sites for hydroxylation is 1. The van der Waals surface area contributed by atoms with E-state index in [1.807, 2.05) is 4.90 Å². The van der Waals surface area contributed by atoms with Gasteiger partial charge in [0.2, 0.25) is 10.0 Å². The summed E-state index contributed by atoms with van der Waals surface area (Å²) in [6, 6.07) is 4.46. The minimum Gasteiger partial charge on any atom is -0.338 e. The summed E-state index contributed by atoms with van der Waals surface area (Å²) in [5.41, 5.74) is 1.20. The number of carbonyl (C=O) groups is 1.